The summed E-state index contributed by atoms with van der Waals surface area (Å²) in [5, 5.41) is 7.36. The van der Waals surface area contributed by atoms with Crippen molar-refractivity contribution in [2.75, 3.05) is 22.9 Å². The molecule has 0 saturated heterocycles. The minimum Gasteiger partial charge on any atom is -0.325 e. The maximum absolute atomic E-state index is 12.9. The summed E-state index contributed by atoms with van der Waals surface area (Å²) in [6.07, 6.45) is 0. The molecule has 1 aromatic heterocycles. The first kappa shape index (κ1) is 22.6. The van der Waals surface area contributed by atoms with Crippen molar-refractivity contribution in [3.8, 4) is 0 Å². The summed E-state index contributed by atoms with van der Waals surface area (Å²) in [7, 11) is 0. The minimum absolute atomic E-state index is 0.177. The Morgan fingerprint density at radius 3 is 2.30 bits per heavy atom. The molecule has 0 saturated carbocycles. The fourth-order valence-electron chi connectivity index (χ4n) is 3.09. The normalized spacial score (nSPS) is 12.6. The fraction of sp³-hybridized carbons (Fsp3) is 0.136. The number of carbonyl (C=O) groups excluding carboxylic acids is 4. The van der Waals surface area contributed by atoms with Gasteiger partial charge < -0.3 is 10.6 Å². The van der Waals surface area contributed by atoms with Crippen molar-refractivity contribution >= 4 is 57.5 Å². The average Bonchev–Trinajstić information content (AvgIpc) is 3.33. The lowest BCUT2D eigenvalue weighted by molar-refractivity contribution is -0.116. The number of halogens is 1. The van der Waals surface area contributed by atoms with Crippen LogP contribution in [-0.2, 0) is 15.3 Å². The number of thioether (sulfide) groups is 1. The molecule has 0 fully saturated rings. The van der Waals surface area contributed by atoms with Gasteiger partial charge in [-0.25, -0.2) is 9.37 Å². The fourth-order valence-corrected chi connectivity index (χ4v) is 4.64. The Labute approximate surface area is 196 Å². The zero-order valence-electron chi connectivity index (χ0n) is 17.0. The number of carbonyl (C=O) groups is 4. The van der Waals surface area contributed by atoms with Gasteiger partial charge in [-0.15, -0.1) is 23.1 Å². The van der Waals surface area contributed by atoms with Crippen LogP contribution in [0.2, 0.25) is 0 Å². The second-order valence-corrected chi connectivity index (χ2v) is 8.83. The van der Waals surface area contributed by atoms with E-state index in [1.165, 1.54) is 47.4 Å². The highest BCUT2D eigenvalue weighted by molar-refractivity contribution is 7.99. The number of aromatic nitrogens is 1. The van der Waals surface area contributed by atoms with Crippen LogP contribution in [0.4, 0.5) is 15.2 Å². The predicted molar refractivity (Wildman–Crippen MR) is 124 cm³/mol. The monoisotopic (exact) mass is 484 g/mol. The van der Waals surface area contributed by atoms with Gasteiger partial charge in [-0.05, 0) is 36.4 Å². The van der Waals surface area contributed by atoms with E-state index in [9.17, 15) is 23.6 Å². The first-order valence-corrected chi connectivity index (χ1v) is 11.8. The summed E-state index contributed by atoms with van der Waals surface area (Å²) < 4.78 is 12.9. The predicted octanol–water partition coefficient (Wildman–Crippen LogP) is 3.39. The number of anilines is 2. The number of fused-ring (bicyclic) bond motifs is 1. The zero-order valence-corrected chi connectivity index (χ0v) is 18.7. The molecule has 2 aromatic carbocycles. The number of amides is 4. The number of imide groups is 1. The Morgan fingerprint density at radius 1 is 0.970 bits per heavy atom. The molecule has 33 heavy (non-hydrogen) atoms. The smallest absolute Gasteiger partial charge is 0.262 e. The number of benzene rings is 2. The molecule has 11 heteroatoms. The maximum atomic E-state index is 12.9. The van der Waals surface area contributed by atoms with E-state index < -0.39 is 24.3 Å². The summed E-state index contributed by atoms with van der Waals surface area (Å²) in [4.78, 5) is 54.3. The van der Waals surface area contributed by atoms with E-state index in [0.717, 1.165) is 4.90 Å². The van der Waals surface area contributed by atoms with Crippen LogP contribution in [0, 0.1) is 5.82 Å². The Hall–Kier alpha value is -3.57. The molecule has 8 nitrogen and oxygen atoms in total. The van der Waals surface area contributed by atoms with Crippen LogP contribution < -0.4 is 10.6 Å². The van der Waals surface area contributed by atoms with E-state index in [0.29, 0.717) is 22.3 Å². The van der Waals surface area contributed by atoms with Gasteiger partial charge in [0.05, 0.1) is 22.6 Å². The zero-order chi connectivity index (χ0) is 23.4. The Kier molecular flexibility index (Phi) is 6.80. The first-order valence-electron chi connectivity index (χ1n) is 9.73. The van der Waals surface area contributed by atoms with E-state index >= 15 is 0 Å². The number of nitrogens with zero attached hydrogens (tertiary/aromatic N) is 2. The summed E-state index contributed by atoms with van der Waals surface area (Å²) in [5.41, 5.74) is 1.76. The number of nitrogens with one attached hydrogen (secondary N) is 2. The van der Waals surface area contributed by atoms with Crippen molar-refractivity contribution in [2.45, 2.75) is 5.75 Å². The standard InChI is InChI=1S/C22H17FN4O4S2/c23-13-5-7-14(8-6-13)24-19(29)12-32-10-15-11-33-22(25-15)26-18(28)9-27-20(30)16-3-1-2-4-17(16)21(27)31/h1-8,11H,9-10,12H2,(H,24,29)(H,25,26,28). The van der Waals surface area contributed by atoms with Gasteiger partial charge in [0.25, 0.3) is 11.8 Å². The third-order valence-corrected chi connectivity index (χ3v) is 6.36. The Morgan fingerprint density at radius 2 is 1.64 bits per heavy atom. The van der Waals surface area contributed by atoms with E-state index in [2.05, 4.69) is 15.6 Å². The lowest BCUT2D eigenvalue weighted by Gasteiger charge is -2.12. The van der Waals surface area contributed by atoms with Gasteiger partial charge in [-0.1, -0.05) is 12.1 Å². The van der Waals surface area contributed by atoms with Gasteiger partial charge in [0.15, 0.2) is 5.13 Å². The quantitative estimate of drug-likeness (QED) is 0.475. The lowest BCUT2D eigenvalue weighted by Crippen LogP contribution is -2.37. The molecule has 2 N–H and O–H groups in total. The van der Waals surface area contributed by atoms with Gasteiger partial charge in [-0.3, -0.25) is 24.1 Å². The molecule has 1 aliphatic rings. The molecule has 0 aliphatic carbocycles. The summed E-state index contributed by atoms with van der Waals surface area (Å²) in [6, 6.07) is 11.9. The molecule has 0 atom stereocenters. The van der Waals surface area contributed by atoms with E-state index in [1.54, 1.807) is 29.6 Å². The second-order valence-electron chi connectivity index (χ2n) is 6.98. The van der Waals surface area contributed by atoms with Gasteiger partial charge in [0.1, 0.15) is 12.4 Å². The highest BCUT2D eigenvalue weighted by Crippen LogP contribution is 2.23. The van der Waals surface area contributed by atoms with Gasteiger partial charge >= 0.3 is 0 Å². The van der Waals surface area contributed by atoms with Crippen LogP contribution in [-0.4, -0.2) is 45.8 Å². The molecular weight excluding hydrogens is 467 g/mol. The Bertz CT molecular complexity index is 1190. The highest BCUT2D eigenvalue weighted by atomic mass is 32.2. The Balaban J connectivity index is 1.23. The summed E-state index contributed by atoms with van der Waals surface area (Å²) in [5.74, 6) is -1.51. The minimum atomic E-state index is -0.531. The molecule has 0 unspecified atom stereocenters. The molecule has 168 valence electrons. The van der Waals surface area contributed by atoms with Crippen molar-refractivity contribution in [1.29, 1.82) is 0 Å². The molecule has 4 rings (SSSR count). The largest absolute Gasteiger partial charge is 0.325 e. The van der Waals surface area contributed by atoms with Gasteiger partial charge in [0, 0.05) is 16.8 Å². The van der Waals surface area contributed by atoms with Crippen molar-refractivity contribution in [3.63, 3.8) is 0 Å². The van der Waals surface area contributed by atoms with Crippen molar-refractivity contribution < 1.29 is 23.6 Å². The van der Waals surface area contributed by atoms with Crippen LogP contribution in [0.1, 0.15) is 26.4 Å². The summed E-state index contributed by atoms with van der Waals surface area (Å²) >= 11 is 2.54. The third-order valence-electron chi connectivity index (χ3n) is 4.59. The molecule has 0 spiro atoms. The van der Waals surface area contributed by atoms with Crippen LogP contribution >= 0.6 is 23.1 Å². The van der Waals surface area contributed by atoms with Gasteiger partial charge in [0.2, 0.25) is 11.8 Å². The number of hydrogen-bond donors (Lipinski definition) is 2. The molecule has 4 amide bonds. The van der Waals surface area contributed by atoms with Crippen LogP contribution in [0.3, 0.4) is 0 Å². The highest BCUT2D eigenvalue weighted by Gasteiger charge is 2.36. The second kappa shape index (κ2) is 9.92. The van der Waals surface area contributed by atoms with Crippen molar-refractivity contribution in [2.24, 2.45) is 0 Å². The first-order chi connectivity index (χ1) is 15.9. The molecule has 0 bridgehead atoms. The van der Waals surface area contributed by atoms with Crippen LogP contribution in [0.5, 0.6) is 0 Å². The number of thiazole rings is 1. The summed E-state index contributed by atoms with van der Waals surface area (Å²) in [6.45, 7) is -0.403. The van der Waals surface area contributed by atoms with E-state index in [4.69, 9.17) is 0 Å². The molecule has 1 aliphatic heterocycles. The SMILES string of the molecule is O=C(CSCc1csc(NC(=O)CN2C(=O)c3ccccc3C2=O)n1)Nc1ccc(F)cc1. The lowest BCUT2D eigenvalue weighted by atomic mass is 10.1. The van der Waals surface area contributed by atoms with Crippen molar-refractivity contribution in [3.05, 3.63) is 76.5 Å². The maximum Gasteiger partial charge on any atom is 0.262 e. The van der Waals surface area contributed by atoms with E-state index in [1.807, 2.05) is 0 Å². The molecule has 3 aromatic rings. The van der Waals surface area contributed by atoms with Gasteiger partial charge in [-0.2, -0.15) is 0 Å². The third kappa shape index (κ3) is 5.44. The number of rotatable bonds is 8. The van der Waals surface area contributed by atoms with Crippen molar-refractivity contribution in [1.82, 2.24) is 9.88 Å². The van der Waals surface area contributed by atoms with Crippen LogP contribution in [0.15, 0.2) is 53.9 Å². The van der Waals surface area contributed by atoms with Crippen LogP contribution in [0.25, 0.3) is 0 Å². The topological polar surface area (TPSA) is 108 Å². The van der Waals surface area contributed by atoms with E-state index in [-0.39, 0.29) is 28.6 Å². The number of hydrogen-bond acceptors (Lipinski definition) is 7. The molecular formula is C22H17FN4O4S2. The average molecular weight is 485 g/mol. The molecule has 0 radical (unpaired) electrons. The molecule has 2 heterocycles.